The molecule has 2 heteroatoms. The van der Waals surface area contributed by atoms with Gasteiger partial charge in [-0.15, -0.1) is 0 Å². The Labute approximate surface area is 87.2 Å². The quantitative estimate of drug-likeness (QED) is 0.682. The Morgan fingerprint density at radius 2 is 2.14 bits per heavy atom. The molecule has 0 aromatic rings. The topological polar surface area (TPSA) is 27.1 Å². The number of hydrogen-bond donors (Lipinski definition) is 1. The van der Waals surface area contributed by atoms with E-state index in [-0.39, 0.29) is 0 Å². The molecule has 2 rings (SSSR count). The molecule has 1 aliphatic carbocycles. The van der Waals surface area contributed by atoms with Crippen LogP contribution < -0.4 is 0 Å². The summed E-state index contributed by atoms with van der Waals surface area (Å²) in [7, 11) is 0. The molecule has 1 saturated carbocycles. The summed E-state index contributed by atoms with van der Waals surface area (Å²) in [6.45, 7) is 5.86. The zero-order valence-electron chi connectivity index (χ0n) is 9.47. The van der Waals surface area contributed by atoms with Crippen LogP contribution in [0.3, 0.4) is 0 Å². The van der Waals surface area contributed by atoms with Crippen molar-refractivity contribution in [3.05, 3.63) is 0 Å². The predicted octanol–water partition coefficient (Wildman–Crippen LogP) is 3.03. The largest absolute Gasteiger partial charge is 0.358 e. The highest BCUT2D eigenvalue weighted by Gasteiger charge is 2.35. The highest BCUT2D eigenvalue weighted by molar-refractivity contribution is 5.80. The fraction of sp³-hybridized carbons (Fsp3) is 0.917. The summed E-state index contributed by atoms with van der Waals surface area (Å²) in [4.78, 5) is 2.37. The summed E-state index contributed by atoms with van der Waals surface area (Å²) in [5.74, 6) is 0.902. The van der Waals surface area contributed by atoms with Crippen molar-refractivity contribution in [3.63, 3.8) is 0 Å². The summed E-state index contributed by atoms with van der Waals surface area (Å²) in [6, 6.07) is 0.679. The van der Waals surface area contributed by atoms with Crippen LogP contribution in [0, 0.1) is 10.8 Å². The molecule has 1 aliphatic heterocycles. The van der Waals surface area contributed by atoms with Crippen LogP contribution in [0.15, 0.2) is 0 Å². The lowest BCUT2D eigenvalue weighted by atomic mass is 9.91. The van der Waals surface area contributed by atoms with E-state index < -0.39 is 0 Å². The number of hydrogen-bond acceptors (Lipinski definition) is 1. The van der Waals surface area contributed by atoms with E-state index >= 15 is 0 Å². The maximum atomic E-state index is 7.97. The Morgan fingerprint density at radius 3 is 2.71 bits per heavy atom. The molecule has 1 atom stereocenters. The zero-order valence-corrected chi connectivity index (χ0v) is 9.47. The second-order valence-electron chi connectivity index (χ2n) is 5.66. The molecule has 80 valence electrons. The van der Waals surface area contributed by atoms with Crippen molar-refractivity contribution >= 4 is 5.84 Å². The van der Waals surface area contributed by atoms with Crippen LogP contribution in [0.25, 0.3) is 0 Å². The molecule has 1 heterocycles. The minimum Gasteiger partial charge on any atom is -0.358 e. The van der Waals surface area contributed by atoms with Crippen molar-refractivity contribution in [1.29, 1.82) is 5.41 Å². The Bertz CT molecular complexity index is 232. The molecule has 0 aromatic carbocycles. The maximum absolute atomic E-state index is 7.97. The van der Waals surface area contributed by atoms with Gasteiger partial charge in [0.05, 0.1) is 5.84 Å². The SMILES string of the molecule is CC1(C)CCC(N2CCCCC2=N)C1. The van der Waals surface area contributed by atoms with Gasteiger partial charge in [0, 0.05) is 19.0 Å². The van der Waals surface area contributed by atoms with Crippen molar-refractivity contribution in [2.45, 2.75) is 58.4 Å². The molecule has 2 nitrogen and oxygen atoms in total. The van der Waals surface area contributed by atoms with Gasteiger partial charge < -0.3 is 4.90 Å². The Kier molecular flexibility index (Phi) is 2.54. The number of nitrogens with zero attached hydrogens (tertiary/aromatic N) is 1. The van der Waals surface area contributed by atoms with Gasteiger partial charge in [0.2, 0.25) is 0 Å². The van der Waals surface area contributed by atoms with Crippen LogP contribution in [-0.4, -0.2) is 23.3 Å². The number of nitrogens with one attached hydrogen (secondary N) is 1. The summed E-state index contributed by atoms with van der Waals surface area (Å²) >= 11 is 0. The standard InChI is InChI=1S/C12H22N2/c1-12(2)7-6-10(9-12)14-8-4-3-5-11(14)13/h10,13H,3-9H2,1-2H3. The van der Waals surface area contributed by atoms with Crippen LogP contribution in [0.2, 0.25) is 0 Å². The first-order chi connectivity index (χ1) is 6.58. The summed E-state index contributed by atoms with van der Waals surface area (Å²) in [5, 5.41) is 7.97. The van der Waals surface area contributed by atoms with E-state index in [0.717, 1.165) is 18.8 Å². The van der Waals surface area contributed by atoms with E-state index in [4.69, 9.17) is 5.41 Å². The van der Waals surface area contributed by atoms with E-state index in [1.807, 2.05) is 0 Å². The molecule has 0 bridgehead atoms. The number of piperidine rings is 1. The second kappa shape index (κ2) is 3.56. The minimum absolute atomic E-state index is 0.516. The first kappa shape index (κ1) is 10.0. The van der Waals surface area contributed by atoms with Crippen molar-refractivity contribution < 1.29 is 0 Å². The van der Waals surface area contributed by atoms with Crippen LogP contribution in [0.4, 0.5) is 0 Å². The number of likely N-dealkylation sites (tertiary alicyclic amines) is 1. The highest BCUT2D eigenvalue weighted by Crippen LogP contribution is 2.40. The van der Waals surface area contributed by atoms with Gasteiger partial charge in [-0.2, -0.15) is 0 Å². The second-order valence-corrected chi connectivity index (χ2v) is 5.66. The molecular weight excluding hydrogens is 172 g/mol. The third-order valence-corrected chi connectivity index (χ3v) is 3.79. The minimum atomic E-state index is 0.516. The molecule has 2 fully saturated rings. The molecule has 0 radical (unpaired) electrons. The van der Waals surface area contributed by atoms with Crippen LogP contribution in [-0.2, 0) is 0 Å². The first-order valence-corrected chi connectivity index (χ1v) is 5.93. The van der Waals surface area contributed by atoms with Gasteiger partial charge in [0.15, 0.2) is 0 Å². The lowest BCUT2D eigenvalue weighted by molar-refractivity contribution is 0.260. The molecule has 1 saturated heterocycles. The van der Waals surface area contributed by atoms with Gasteiger partial charge in [-0.3, -0.25) is 5.41 Å². The number of rotatable bonds is 1. The molecule has 1 N–H and O–H groups in total. The molecular formula is C12H22N2. The molecule has 1 unspecified atom stereocenters. The normalized spacial score (nSPS) is 32.3. The smallest absolute Gasteiger partial charge is 0.0960 e. The van der Waals surface area contributed by atoms with E-state index in [1.54, 1.807) is 0 Å². The third kappa shape index (κ3) is 1.94. The van der Waals surface area contributed by atoms with Crippen molar-refractivity contribution in [1.82, 2.24) is 4.90 Å². The highest BCUT2D eigenvalue weighted by atomic mass is 15.2. The van der Waals surface area contributed by atoms with Crippen LogP contribution in [0.1, 0.15) is 52.4 Å². The van der Waals surface area contributed by atoms with E-state index in [0.29, 0.717) is 11.5 Å². The van der Waals surface area contributed by atoms with Gasteiger partial charge >= 0.3 is 0 Å². The Hall–Kier alpha value is -0.530. The van der Waals surface area contributed by atoms with E-state index in [9.17, 15) is 0 Å². The van der Waals surface area contributed by atoms with Gasteiger partial charge in [0.25, 0.3) is 0 Å². The lowest BCUT2D eigenvalue weighted by Crippen LogP contribution is -2.42. The first-order valence-electron chi connectivity index (χ1n) is 5.93. The monoisotopic (exact) mass is 194 g/mol. The van der Waals surface area contributed by atoms with Crippen molar-refractivity contribution in [2.75, 3.05) is 6.54 Å². The summed E-state index contributed by atoms with van der Waals surface area (Å²) < 4.78 is 0. The van der Waals surface area contributed by atoms with Gasteiger partial charge in [-0.1, -0.05) is 13.8 Å². The van der Waals surface area contributed by atoms with Gasteiger partial charge in [-0.25, -0.2) is 0 Å². The fourth-order valence-electron chi connectivity index (χ4n) is 2.92. The molecule has 14 heavy (non-hydrogen) atoms. The van der Waals surface area contributed by atoms with Gasteiger partial charge in [-0.05, 0) is 37.5 Å². The Morgan fingerprint density at radius 1 is 1.36 bits per heavy atom. The van der Waals surface area contributed by atoms with Gasteiger partial charge in [0.1, 0.15) is 0 Å². The average Bonchev–Trinajstić information content (AvgIpc) is 2.47. The lowest BCUT2D eigenvalue weighted by Gasteiger charge is -2.35. The average molecular weight is 194 g/mol. The number of amidine groups is 1. The Balaban J connectivity index is 1.98. The third-order valence-electron chi connectivity index (χ3n) is 3.79. The summed E-state index contributed by atoms with van der Waals surface area (Å²) in [6.07, 6.45) is 7.45. The molecule has 0 amide bonds. The fourth-order valence-corrected chi connectivity index (χ4v) is 2.92. The molecule has 0 spiro atoms. The maximum Gasteiger partial charge on any atom is 0.0960 e. The molecule has 2 aliphatic rings. The van der Waals surface area contributed by atoms with Crippen molar-refractivity contribution in [3.8, 4) is 0 Å². The molecule has 0 aromatic heterocycles. The van der Waals surface area contributed by atoms with Crippen molar-refractivity contribution in [2.24, 2.45) is 5.41 Å². The van der Waals surface area contributed by atoms with E-state index in [1.165, 1.54) is 32.1 Å². The zero-order chi connectivity index (χ0) is 10.2. The predicted molar refractivity (Wildman–Crippen MR) is 59.7 cm³/mol. The van der Waals surface area contributed by atoms with Crippen LogP contribution >= 0.6 is 0 Å². The van der Waals surface area contributed by atoms with Crippen LogP contribution in [0.5, 0.6) is 0 Å². The summed E-state index contributed by atoms with van der Waals surface area (Å²) in [5.41, 5.74) is 0.516. The van der Waals surface area contributed by atoms with E-state index in [2.05, 4.69) is 18.7 Å².